The number of aromatic nitrogens is 2. The van der Waals surface area contributed by atoms with Gasteiger partial charge < -0.3 is 14.8 Å². The highest BCUT2D eigenvalue weighted by Crippen LogP contribution is 2.07. The number of aryl methyl sites for hydroxylation is 1. The van der Waals surface area contributed by atoms with Gasteiger partial charge in [0, 0.05) is 25.2 Å². The summed E-state index contributed by atoms with van der Waals surface area (Å²) in [5.41, 5.74) is 1.06. The van der Waals surface area contributed by atoms with Gasteiger partial charge in [-0.15, -0.1) is 0 Å². The van der Waals surface area contributed by atoms with E-state index in [2.05, 4.69) is 10.3 Å². The Balaban J connectivity index is 1.77. The number of esters is 1. The molecule has 8 heteroatoms. The van der Waals surface area contributed by atoms with Crippen LogP contribution in [0.5, 0.6) is 0 Å². The first kappa shape index (κ1) is 20.4. The Kier molecular flexibility index (Phi) is 6.55. The van der Waals surface area contributed by atoms with Gasteiger partial charge in [0.2, 0.25) is 0 Å². The maximum absolute atomic E-state index is 12.1. The lowest BCUT2D eigenvalue weighted by Crippen LogP contribution is -2.33. The minimum absolute atomic E-state index is 0.0715. The fourth-order valence-electron chi connectivity index (χ4n) is 2.30. The molecule has 0 aliphatic carbocycles. The normalized spacial score (nSPS) is 11.3. The summed E-state index contributed by atoms with van der Waals surface area (Å²) in [6, 6.07) is 4.95. The number of alkyl carbamates (subject to hydrolysis) is 1. The van der Waals surface area contributed by atoms with E-state index in [0.717, 1.165) is 5.56 Å². The topological polar surface area (TPSA) is 99.0 Å². The van der Waals surface area contributed by atoms with Gasteiger partial charge >= 0.3 is 12.1 Å². The molecule has 2 heterocycles. The van der Waals surface area contributed by atoms with Gasteiger partial charge in [0.1, 0.15) is 17.9 Å². The Hall–Kier alpha value is -2.90. The van der Waals surface area contributed by atoms with Crippen LogP contribution in [-0.4, -0.2) is 33.6 Å². The Morgan fingerprint density at radius 2 is 2.00 bits per heavy atom. The Labute approximate surface area is 157 Å². The van der Waals surface area contributed by atoms with Crippen molar-refractivity contribution < 1.29 is 19.1 Å². The Bertz CT molecular complexity index is 883. The number of hydrogen-bond donors (Lipinski definition) is 1. The monoisotopic (exact) mass is 375 g/mol. The number of carbonyl (C=O) groups is 2. The maximum Gasteiger partial charge on any atom is 0.407 e. The molecule has 0 atom stereocenters. The first-order valence-electron chi connectivity index (χ1n) is 8.75. The molecule has 2 aromatic rings. The van der Waals surface area contributed by atoms with E-state index >= 15 is 0 Å². The molecule has 27 heavy (non-hydrogen) atoms. The zero-order valence-corrected chi connectivity index (χ0v) is 16.1. The van der Waals surface area contributed by atoms with E-state index in [1.165, 1.54) is 10.5 Å². The molecular formula is C19H25N3O5. The molecule has 2 rings (SSSR count). The van der Waals surface area contributed by atoms with Crippen LogP contribution < -0.4 is 10.9 Å². The van der Waals surface area contributed by atoms with E-state index in [1.54, 1.807) is 33.0 Å². The summed E-state index contributed by atoms with van der Waals surface area (Å²) in [7, 11) is 0. The Morgan fingerprint density at radius 1 is 1.26 bits per heavy atom. The molecule has 0 unspecified atom stereocenters. The third-order valence-electron chi connectivity index (χ3n) is 3.47. The predicted molar refractivity (Wildman–Crippen MR) is 99.5 cm³/mol. The summed E-state index contributed by atoms with van der Waals surface area (Å²) in [5, 5.41) is 2.58. The number of fused-ring (bicyclic) bond motifs is 1. The van der Waals surface area contributed by atoms with Gasteiger partial charge in [0.25, 0.3) is 5.56 Å². The van der Waals surface area contributed by atoms with Crippen LogP contribution in [0.4, 0.5) is 4.79 Å². The van der Waals surface area contributed by atoms with Crippen molar-refractivity contribution in [1.82, 2.24) is 14.7 Å². The van der Waals surface area contributed by atoms with Crippen molar-refractivity contribution in [2.45, 2.75) is 52.7 Å². The van der Waals surface area contributed by atoms with Crippen LogP contribution in [0.2, 0.25) is 0 Å². The van der Waals surface area contributed by atoms with Gasteiger partial charge in [-0.05, 0) is 45.7 Å². The summed E-state index contributed by atoms with van der Waals surface area (Å²) < 4.78 is 11.7. The SMILES string of the molecule is Cc1ccc2nc(COC(=O)CCCNC(=O)OC(C)(C)C)cc(=O)n2c1. The molecule has 0 saturated heterocycles. The molecule has 2 aromatic heterocycles. The van der Waals surface area contributed by atoms with Crippen LogP contribution in [0, 0.1) is 6.92 Å². The molecule has 0 saturated carbocycles. The molecule has 0 aliphatic heterocycles. The Morgan fingerprint density at radius 3 is 2.70 bits per heavy atom. The maximum atomic E-state index is 12.1. The molecule has 1 N–H and O–H groups in total. The van der Waals surface area contributed by atoms with E-state index in [1.807, 2.05) is 13.0 Å². The highest BCUT2D eigenvalue weighted by atomic mass is 16.6. The van der Waals surface area contributed by atoms with Gasteiger partial charge in [-0.25, -0.2) is 9.78 Å². The number of hydrogen-bond acceptors (Lipinski definition) is 6. The van der Waals surface area contributed by atoms with Crippen LogP contribution in [0.25, 0.3) is 5.65 Å². The lowest BCUT2D eigenvalue weighted by atomic mass is 10.2. The fourth-order valence-corrected chi connectivity index (χ4v) is 2.30. The standard InChI is InChI=1S/C19H25N3O5/c1-13-7-8-15-21-14(10-16(23)22(15)11-13)12-26-17(24)6-5-9-20-18(25)27-19(2,3)4/h7-8,10-11H,5-6,9,12H2,1-4H3,(H,20,25). The first-order valence-corrected chi connectivity index (χ1v) is 8.75. The molecule has 8 nitrogen and oxygen atoms in total. The van der Waals surface area contributed by atoms with Crippen LogP contribution in [0.1, 0.15) is 44.9 Å². The van der Waals surface area contributed by atoms with Crippen molar-refractivity contribution in [3.63, 3.8) is 0 Å². The summed E-state index contributed by atoms with van der Waals surface area (Å²) in [6.45, 7) is 7.45. The van der Waals surface area contributed by atoms with Crippen LogP contribution in [0.15, 0.2) is 29.2 Å². The number of pyridine rings is 1. The van der Waals surface area contributed by atoms with Gasteiger partial charge in [-0.1, -0.05) is 6.07 Å². The second-order valence-electron chi connectivity index (χ2n) is 7.21. The molecule has 0 bridgehead atoms. The number of carbonyl (C=O) groups excluding carboxylic acids is 2. The molecule has 0 spiro atoms. The second-order valence-corrected chi connectivity index (χ2v) is 7.21. The van der Waals surface area contributed by atoms with Crippen molar-refractivity contribution in [3.8, 4) is 0 Å². The van der Waals surface area contributed by atoms with Gasteiger partial charge in [0.05, 0.1) is 5.69 Å². The van der Waals surface area contributed by atoms with Crippen LogP contribution >= 0.6 is 0 Å². The summed E-state index contributed by atoms with van der Waals surface area (Å²) in [5.74, 6) is -0.424. The molecule has 0 fully saturated rings. The number of rotatable bonds is 6. The lowest BCUT2D eigenvalue weighted by Gasteiger charge is -2.19. The summed E-state index contributed by atoms with van der Waals surface area (Å²) >= 11 is 0. The van der Waals surface area contributed by atoms with E-state index in [-0.39, 0.29) is 18.6 Å². The van der Waals surface area contributed by atoms with Crippen molar-refractivity contribution in [3.05, 3.63) is 46.0 Å². The van der Waals surface area contributed by atoms with Crippen LogP contribution in [0.3, 0.4) is 0 Å². The van der Waals surface area contributed by atoms with Crippen molar-refractivity contribution in [2.24, 2.45) is 0 Å². The van der Waals surface area contributed by atoms with Gasteiger partial charge in [-0.3, -0.25) is 14.0 Å². The third kappa shape index (κ3) is 6.73. The van der Waals surface area contributed by atoms with Crippen molar-refractivity contribution >= 4 is 17.7 Å². The minimum atomic E-state index is -0.562. The van der Waals surface area contributed by atoms with E-state index in [4.69, 9.17) is 9.47 Å². The quantitative estimate of drug-likeness (QED) is 0.615. The molecular weight excluding hydrogens is 350 g/mol. The average molecular weight is 375 g/mol. The molecule has 1 amide bonds. The fraction of sp³-hybridized carbons (Fsp3) is 0.474. The zero-order chi connectivity index (χ0) is 20.0. The molecule has 146 valence electrons. The number of nitrogens with one attached hydrogen (secondary N) is 1. The van der Waals surface area contributed by atoms with Gasteiger partial charge in [-0.2, -0.15) is 0 Å². The number of nitrogens with zero attached hydrogens (tertiary/aromatic N) is 2. The molecule has 0 aliphatic rings. The first-order chi connectivity index (χ1) is 12.6. The lowest BCUT2D eigenvalue weighted by molar-refractivity contribution is -0.145. The zero-order valence-electron chi connectivity index (χ0n) is 16.1. The number of amides is 1. The highest BCUT2D eigenvalue weighted by molar-refractivity contribution is 5.70. The minimum Gasteiger partial charge on any atom is -0.459 e. The smallest absolute Gasteiger partial charge is 0.407 e. The van der Waals surface area contributed by atoms with Crippen molar-refractivity contribution in [1.29, 1.82) is 0 Å². The summed E-state index contributed by atoms with van der Waals surface area (Å²) in [4.78, 5) is 39.7. The van der Waals surface area contributed by atoms with Gasteiger partial charge in [0.15, 0.2) is 0 Å². The summed E-state index contributed by atoms with van der Waals surface area (Å²) in [6.07, 6.45) is 1.75. The van der Waals surface area contributed by atoms with Crippen LogP contribution in [-0.2, 0) is 20.9 Å². The predicted octanol–water partition coefficient (Wildman–Crippen LogP) is 2.35. The largest absolute Gasteiger partial charge is 0.459 e. The highest BCUT2D eigenvalue weighted by Gasteiger charge is 2.15. The average Bonchev–Trinajstić information content (AvgIpc) is 2.56. The molecule has 0 radical (unpaired) electrons. The van der Waals surface area contributed by atoms with E-state index < -0.39 is 17.7 Å². The van der Waals surface area contributed by atoms with E-state index in [0.29, 0.717) is 24.3 Å². The second kappa shape index (κ2) is 8.66. The van der Waals surface area contributed by atoms with Crippen molar-refractivity contribution in [2.75, 3.05) is 6.54 Å². The van der Waals surface area contributed by atoms with E-state index in [9.17, 15) is 14.4 Å². The third-order valence-corrected chi connectivity index (χ3v) is 3.47. The number of ether oxygens (including phenoxy) is 2. The molecule has 0 aromatic carbocycles.